The lowest BCUT2D eigenvalue weighted by Crippen LogP contribution is -2.49. The van der Waals surface area contributed by atoms with Gasteiger partial charge in [0.2, 0.25) is 0 Å². The number of nitrogens with one attached hydrogen (secondary N) is 1. The molecule has 136 valence electrons. The van der Waals surface area contributed by atoms with Gasteiger partial charge in [-0.05, 0) is 42.8 Å². The zero-order valence-corrected chi connectivity index (χ0v) is 15.9. The number of carbonyl (C=O) groups is 1. The highest BCUT2D eigenvalue weighted by molar-refractivity contribution is 6.42. The molecule has 6 heteroatoms. The number of para-hydroxylation sites is 1. The van der Waals surface area contributed by atoms with E-state index in [9.17, 15) is 4.79 Å². The molecular formula is C20H21Cl2N3O. The maximum atomic E-state index is 13.1. The van der Waals surface area contributed by atoms with Crippen LogP contribution in [0.2, 0.25) is 10.0 Å². The second kappa shape index (κ2) is 7.47. The maximum Gasteiger partial charge on any atom is 0.324 e. The molecule has 0 unspecified atom stereocenters. The summed E-state index contributed by atoms with van der Waals surface area (Å²) in [5, 5.41) is 4.57. The molecule has 2 saturated heterocycles. The van der Waals surface area contributed by atoms with E-state index in [2.05, 4.69) is 5.32 Å². The fourth-order valence-corrected chi connectivity index (χ4v) is 4.32. The van der Waals surface area contributed by atoms with E-state index in [1.807, 2.05) is 58.3 Å². The molecule has 2 fully saturated rings. The summed E-state index contributed by atoms with van der Waals surface area (Å²) >= 11 is 12.3. The molecule has 0 radical (unpaired) electrons. The first kappa shape index (κ1) is 17.7. The Bertz CT molecular complexity index is 799. The van der Waals surface area contributed by atoms with Crippen molar-refractivity contribution in [2.24, 2.45) is 0 Å². The molecule has 26 heavy (non-hydrogen) atoms. The monoisotopic (exact) mass is 389 g/mol. The van der Waals surface area contributed by atoms with Crippen LogP contribution in [0.5, 0.6) is 0 Å². The van der Waals surface area contributed by atoms with Crippen LogP contribution in [-0.2, 0) is 0 Å². The molecule has 0 bridgehead atoms. The van der Waals surface area contributed by atoms with E-state index in [-0.39, 0.29) is 18.0 Å². The topological polar surface area (TPSA) is 35.6 Å². The Morgan fingerprint density at radius 1 is 1.00 bits per heavy atom. The average Bonchev–Trinajstić information content (AvgIpc) is 3.06. The number of benzene rings is 2. The third-order valence-corrected chi connectivity index (χ3v) is 6.07. The van der Waals surface area contributed by atoms with E-state index in [0.717, 1.165) is 43.9 Å². The Labute approximate surface area is 163 Å². The van der Waals surface area contributed by atoms with Crippen molar-refractivity contribution in [3.05, 3.63) is 64.1 Å². The molecule has 2 aliphatic rings. The quantitative estimate of drug-likeness (QED) is 0.844. The zero-order chi connectivity index (χ0) is 18.1. The first-order valence-electron chi connectivity index (χ1n) is 8.94. The summed E-state index contributed by atoms with van der Waals surface area (Å²) in [6, 6.07) is 15.9. The summed E-state index contributed by atoms with van der Waals surface area (Å²) in [6.07, 6.45) is 0.930. The van der Waals surface area contributed by atoms with Gasteiger partial charge in [-0.2, -0.15) is 0 Å². The van der Waals surface area contributed by atoms with Gasteiger partial charge in [0.1, 0.15) is 0 Å². The average molecular weight is 390 g/mol. The molecule has 2 aromatic carbocycles. The summed E-state index contributed by atoms with van der Waals surface area (Å²) in [5.41, 5.74) is 2.09. The van der Waals surface area contributed by atoms with E-state index in [1.54, 1.807) is 0 Å². The second-order valence-corrected chi connectivity index (χ2v) is 7.62. The van der Waals surface area contributed by atoms with Crippen LogP contribution in [-0.4, -0.2) is 43.2 Å². The molecule has 4 nitrogen and oxygen atoms in total. The lowest BCUT2D eigenvalue weighted by molar-refractivity contribution is 0.173. The number of anilines is 1. The van der Waals surface area contributed by atoms with Gasteiger partial charge in [0.15, 0.2) is 0 Å². The fraction of sp³-hybridized carbons (Fsp3) is 0.350. The number of carbonyl (C=O) groups excluding carboxylic acids is 1. The van der Waals surface area contributed by atoms with Crippen LogP contribution in [0.4, 0.5) is 10.5 Å². The minimum absolute atomic E-state index is 0.0909. The van der Waals surface area contributed by atoms with Crippen LogP contribution in [0, 0.1) is 0 Å². The van der Waals surface area contributed by atoms with Crippen molar-refractivity contribution in [3.8, 4) is 0 Å². The molecule has 2 heterocycles. The molecule has 2 atom stereocenters. The standard InChI is InChI=1S/C20H21Cl2N3O/c21-17-7-6-14(12-18(17)22)16-13-23-9-8-19(16)25-11-10-24(20(25)26)15-4-2-1-3-5-15/h1-7,12,16,19,23H,8-11,13H2/t16-,19+/m0/s1. The van der Waals surface area contributed by atoms with Gasteiger partial charge in [0.25, 0.3) is 0 Å². The zero-order valence-electron chi connectivity index (χ0n) is 14.4. The van der Waals surface area contributed by atoms with Gasteiger partial charge >= 0.3 is 6.03 Å². The van der Waals surface area contributed by atoms with Crippen LogP contribution in [0.25, 0.3) is 0 Å². The predicted octanol–water partition coefficient (Wildman–Crippen LogP) is 4.38. The van der Waals surface area contributed by atoms with Crippen molar-refractivity contribution in [1.82, 2.24) is 10.2 Å². The Balaban J connectivity index is 1.59. The Morgan fingerprint density at radius 3 is 2.58 bits per heavy atom. The van der Waals surface area contributed by atoms with Crippen LogP contribution in [0.1, 0.15) is 17.9 Å². The first-order valence-corrected chi connectivity index (χ1v) is 9.69. The molecule has 2 aliphatic heterocycles. The van der Waals surface area contributed by atoms with E-state index in [1.165, 1.54) is 0 Å². The molecule has 0 aromatic heterocycles. The van der Waals surface area contributed by atoms with Crippen LogP contribution in [0.3, 0.4) is 0 Å². The number of halogens is 2. The molecule has 2 amide bonds. The minimum Gasteiger partial charge on any atom is -0.319 e. The normalized spacial score (nSPS) is 23.5. The highest BCUT2D eigenvalue weighted by atomic mass is 35.5. The Hall–Kier alpha value is -1.75. The summed E-state index contributed by atoms with van der Waals surface area (Å²) in [4.78, 5) is 17.0. The van der Waals surface area contributed by atoms with Crippen molar-refractivity contribution in [3.63, 3.8) is 0 Å². The third-order valence-electron chi connectivity index (χ3n) is 5.33. The first-order chi connectivity index (χ1) is 12.6. The summed E-state index contributed by atoms with van der Waals surface area (Å²) in [6.45, 7) is 3.21. The number of piperidine rings is 1. The molecule has 4 rings (SSSR count). The van der Waals surface area contributed by atoms with Gasteiger partial charge in [0, 0.05) is 37.3 Å². The minimum atomic E-state index is 0.0909. The molecule has 2 aromatic rings. The number of rotatable bonds is 3. The van der Waals surface area contributed by atoms with Gasteiger partial charge in [0.05, 0.1) is 10.0 Å². The van der Waals surface area contributed by atoms with Crippen LogP contribution >= 0.6 is 23.2 Å². The number of urea groups is 1. The highest BCUT2D eigenvalue weighted by Gasteiger charge is 2.39. The van der Waals surface area contributed by atoms with Gasteiger partial charge in [-0.3, -0.25) is 4.90 Å². The maximum absolute atomic E-state index is 13.1. The lowest BCUT2D eigenvalue weighted by Gasteiger charge is -2.38. The Kier molecular flexibility index (Phi) is 5.07. The fourth-order valence-electron chi connectivity index (χ4n) is 4.01. The third kappa shape index (κ3) is 3.29. The van der Waals surface area contributed by atoms with E-state index < -0.39 is 0 Å². The molecule has 0 aliphatic carbocycles. The smallest absolute Gasteiger partial charge is 0.319 e. The van der Waals surface area contributed by atoms with Crippen molar-refractivity contribution in [1.29, 1.82) is 0 Å². The van der Waals surface area contributed by atoms with Gasteiger partial charge in [-0.1, -0.05) is 47.5 Å². The van der Waals surface area contributed by atoms with Crippen molar-refractivity contribution in [2.75, 3.05) is 31.1 Å². The van der Waals surface area contributed by atoms with Crippen molar-refractivity contribution >= 4 is 34.9 Å². The molecular weight excluding hydrogens is 369 g/mol. The predicted molar refractivity (Wildman–Crippen MR) is 106 cm³/mol. The summed E-state index contributed by atoms with van der Waals surface area (Å²) in [5.74, 6) is 0.207. The number of hydrogen-bond donors (Lipinski definition) is 1. The SMILES string of the molecule is O=C1N(c2ccccc2)CCN1[C@@H]1CCNC[C@H]1c1ccc(Cl)c(Cl)c1. The van der Waals surface area contributed by atoms with Gasteiger partial charge < -0.3 is 10.2 Å². The van der Waals surface area contributed by atoms with Crippen molar-refractivity contribution in [2.45, 2.75) is 18.4 Å². The van der Waals surface area contributed by atoms with Gasteiger partial charge in [-0.25, -0.2) is 4.79 Å². The van der Waals surface area contributed by atoms with Crippen LogP contribution < -0.4 is 10.2 Å². The molecule has 0 spiro atoms. The highest BCUT2D eigenvalue weighted by Crippen LogP contribution is 2.34. The summed E-state index contributed by atoms with van der Waals surface area (Å²) in [7, 11) is 0. The lowest BCUT2D eigenvalue weighted by atomic mass is 9.86. The van der Waals surface area contributed by atoms with E-state index >= 15 is 0 Å². The van der Waals surface area contributed by atoms with E-state index in [0.29, 0.717) is 10.0 Å². The number of hydrogen-bond acceptors (Lipinski definition) is 2. The molecule has 1 N–H and O–H groups in total. The largest absolute Gasteiger partial charge is 0.324 e. The molecule has 0 saturated carbocycles. The van der Waals surface area contributed by atoms with Gasteiger partial charge in [-0.15, -0.1) is 0 Å². The van der Waals surface area contributed by atoms with Crippen molar-refractivity contribution < 1.29 is 4.79 Å². The van der Waals surface area contributed by atoms with E-state index in [4.69, 9.17) is 23.2 Å². The Morgan fingerprint density at radius 2 is 1.81 bits per heavy atom. The number of amides is 2. The second-order valence-electron chi connectivity index (χ2n) is 6.80. The van der Waals surface area contributed by atoms with Crippen LogP contribution in [0.15, 0.2) is 48.5 Å². The number of nitrogens with zero attached hydrogens (tertiary/aromatic N) is 2. The summed E-state index contributed by atoms with van der Waals surface area (Å²) < 4.78 is 0.